The molecule has 7 heteroatoms. The van der Waals surface area contributed by atoms with Gasteiger partial charge in [-0.05, 0) is 6.26 Å². The minimum atomic E-state index is -1.02. The second kappa shape index (κ2) is 6.70. The first-order valence-corrected chi connectivity index (χ1v) is 6.79. The van der Waals surface area contributed by atoms with Crippen LogP contribution >= 0.6 is 11.8 Å². The standard InChI is InChI=1S/C10H18N2O4S/c1-11(4-6-17-2)10(15)12-3-5-16-8(7-12)9(13)14/h8H,3-7H2,1-2H3,(H,13,14). The monoisotopic (exact) mass is 262 g/mol. The number of carboxylic acid groups (broad SMARTS) is 1. The fraction of sp³-hybridized carbons (Fsp3) is 0.800. The zero-order valence-corrected chi connectivity index (χ0v) is 10.9. The van der Waals surface area contributed by atoms with Crippen LogP contribution in [0.25, 0.3) is 0 Å². The molecule has 0 spiro atoms. The van der Waals surface area contributed by atoms with Crippen LogP contribution in [0.2, 0.25) is 0 Å². The number of morpholine rings is 1. The minimum Gasteiger partial charge on any atom is -0.479 e. The van der Waals surface area contributed by atoms with Gasteiger partial charge in [-0.25, -0.2) is 9.59 Å². The highest BCUT2D eigenvalue weighted by atomic mass is 32.2. The first-order chi connectivity index (χ1) is 8.06. The van der Waals surface area contributed by atoms with Crippen LogP contribution in [0, 0.1) is 0 Å². The zero-order valence-electron chi connectivity index (χ0n) is 10.1. The van der Waals surface area contributed by atoms with Crippen molar-refractivity contribution in [3.05, 3.63) is 0 Å². The average Bonchev–Trinajstić information content (AvgIpc) is 2.35. The maximum absolute atomic E-state index is 12.0. The number of rotatable bonds is 4. The van der Waals surface area contributed by atoms with E-state index in [0.717, 1.165) is 5.75 Å². The van der Waals surface area contributed by atoms with Gasteiger partial charge in [0.05, 0.1) is 13.2 Å². The summed E-state index contributed by atoms with van der Waals surface area (Å²) in [6, 6.07) is -0.131. The van der Waals surface area contributed by atoms with Crippen LogP contribution < -0.4 is 0 Å². The number of carbonyl (C=O) groups excluding carboxylic acids is 1. The summed E-state index contributed by atoms with van der Waals surface area (Å²) < 4.78 is 5.06. The second-order valence-electron chi connectivity index (χ2n) is 3.84. The van der Waals surface area contributed by atoms with E-state index >= 15 is 0 Å². The summed E-state index contributed by atoms with van der Waals surface area (Å²) in [5.41, 5.74) is 0. The number of urea groups is 1. The van der Waals surface area contributed by atoms with E-state index in [1.165, 1.54) is 4.90 Å². The minimum absolute atomic E-state index is 0.123. The van der Waals surface area contributed by atoms with Crippen molar-refractivity contribution in [1.82, 2.24) is 9.80 Å². The second-order valence-corrected chi connectivity index (χ2v) is 4.83. The number of hydrogen-bond acceptors (Lipinski definition) is 4. The Bertz CT molecular complexity index is 287. The molecule has 0 aromatic carbocycles. The summed E-state index contributed by atoms with van der Waals surface area (Å²) in [4.78, 5) is 25.9. The number of ether oxygens (including phenoxy) is 1. The van der Waals surface area contributed by atoms with Gasteiger partial charge in [-0.3, -0.25) is 0 Å². The largest absolute Gasteiger partial charge is 0.479 e. The summed E-state index contributed by atoms with van der Waals surface area (Å²) in [7, 11) is 1.73. The molecule has 1 unspecified atom stereocenters. The Morgan fingerprint density at radius 1 is 1.59 bits per heavy atom. The van der Waals surface area contributed by atoms with Crippen LogP contribution in [-0.2, 0) is 9.53 Å². The van der Waals surface area contributed by atoms with Crippen molar-refractivity contribution in [3.8, 4) is 0 Å². The number of carbonyl (C=O) groups is 2. The molecule has 1 aliphatic heterocycles. The number of thioether (sulfide) groups is 1. The predicted octanol–water partition coefficient (Wildman–Crippen LogP) is 0.187. The molecule has 2 amide bonds. The van der Waals surface area contributed by atoms with Gasteiger partial charge in [0, 0.05) is 25.9 Å². The third kappa shape index (κ3) is 4.08. The summed E-state index contributed by atoms with van der Waals surface area (Å²) >= 11 is 1.67. The van der Waals surface area contributed by atoms with E-state index in [9.17, 15) is 9.59 Å². The van der Waals surface area contributed by atoms with E-state index in [-0.39, 0.29) is 19.2 Å². The molecule has 0 aliphatic carbocycles. The van der Waals surface area contributed by atoms with E-state index < -0.39 is 12.1 Å². The van der Waals surface area contributed by atoms with Crippen LogP contribution in [-0.4, -0.2) is 78.3 Å². The molecule has 1 heterocycles. The van der Waals surface area contributed by atoms with Crippen LogP contribution in [0.1, 0.15) is 0 Å². The van der Waals surface area contributed by atoms with Gasteiger partial charge in [0.25, 0.3) is 0 Å². The Morgan fingerprint density at radius 2 is 2.29 bits per heavy atom. The molecule has 1 aliphatic rings. The van der Waals surface area contributed by atoms with Gasteiger partial charge in [0.15, 0.2) is 6.10 Å². The fourth-order valence-corrected chi connectivity index (χ4v) is 1.99. The Morgan fingerprint density at radius 3 is 2.88 bits per heavy atom. The van der Waals surface area contributed by atoms with Gasteiger partial charge in [0.1, 0.15) is 0 Å². The van der Waals surface area contributed by atoms with Gasteiger partial charge in [-0.15, -0.1) is 0 Å². The molecule has 0 saturated carbocycles. The molecule has 0 aromatic heterocycles. The number of aliphatic carboxylic acids is 1. The van der Waals surface area contributed by atoms with E-state index in [2.05, 4.69) is 0 Å². The lowest BCUT2D eigenvalue weighted by Crippen LogP contribution is -2.52. The molecule has 1 N–H and O–H groups in total. The lowest BCUT2D eigenvalue weighted by Gasteiger charge is -2.33. The third-order valence-electron chi connectivity index (χ3n) is 2.57. The summed E-state index contributed by atoms with van der Waals surface area (Å²) in [5, 5.41) is 8.84. The molecular weight excluding hydrogens is 244 g/mol. The maximum atomic E-state index is 12.0. The van der Waals surface area contributed by atoms with Gasteiger partial charge < -0.3 is 19.6 Å². The molecule has 1 rings (SSSR count). The number of hydrogen-bond donors (Lipinski definition) is 1. The van der Waals surface area contributed by atoms with Gasteiger partial charge in [-0.1, -0.05) is 0 Å². The van der Waals surface area contributed by atoms with E-state index in [1.807, 2.05) is 6.26 Å². The van der Waals surface area contributed by atoms with Crippen LogP contribution in [0.15, 0.2) is 0 Å². The molecule has 0 aromatic rings. The van der Waals surface area contributed by atoms with Gasteiger partial charge in [-0.2, -0.15) is 11.8 Å². The van der Waals surface area contributed by atoms with E-state index in [1.54, 1.807) is 23.7 Å². The highest BCUT2D eigenvalue weighted by molar-refractivity contribution is 7.98. The van der Waals surface area contributed by atoms with Crippen molar-refractivity contribution in [2.45, 2.75) is 6.10 Å². The Labute approximate surface area is 105 Å². The lowest BCUT2D eigenvalue weighted by atomic mass is 10.3. The van der Waals surface area contributed by atoms with Crippen molar-refractivity contribution < 1.29 is 19.4 Å². The average molecular weight is 262 g/mol. The highest BCUT2D eigenvalue weighted by Gasteiger charge is 2.30. The molecule has 17 heavy (non-hydrogen) atoms. The van der Waals surface area contributed by atoms with Crippen molar-refractivity contribution in [1.29, 1.82) is 0 Å². The van der Waals surface area contributed by atoms with Crippen LogP contribution in [0.4, 0.5) is 4.79 Å². The normalized spacial score (nSPS) is 20.1. The summed E-state index contributed by atoms with van der Waals surface area (Å²) in [5.74, 6) is -0.149. The SMILES string of the molecule is CSCCN(C)C(=O)N1CCOC(C(=O)O)C1. The predicted molar refractivity (Wildman–Crippen MR) is 65.4 cm³/mol. The lowest BCUT2D eigenvalue weighted by molar-refractivity contribution is -0.154. The van der Waals surface area contributed by atoms with Crippen LogP contribution in [0.3, 0.4) is 0 Å². The first-order valence-electron chi connectivity index (χ1n) is 5.39. The van der Waals surface area contributed by atoms with E-state index in [4.69, 9.17) is 9.84 Å². The molecule has 1 fully saturated rings. The zero-order chi connectivity index (χ0) is 12.8. The van der Waals surface area contributed by atoms with Crippen molar-refractivity contribution in [2.24, 2.45) is 0 Å². The number of nitrogens with zero attached hydrogens (tertiary/aromatic N) is 2. The Balaban J connectivity index is 2.48. The maximum Gasteiger partial charge on any atom is 0.334 e. The molecule has 0 radical (unpaired) electrons. The third-order valence-corrected chi connectivity index (χ3v) is 3.16. The van der Waals surface area contributed by atoms with Gasteiger partial charge in [0.2, 0.25) is 0 Å². The molecular formula is C10H18N2O4S. The fourth-order valence-electron chi connectivity index (χ4n) is 1.54. The molecule has 0 bridgehead atoms. The van der Waals surface area contributed by atoms with Crippen molar-refractivity contribution in [3.63, 3.8) is 0 Å². The Hall–Kier alpha value is -0.950. The van der Waals surface area contributed by atoms with E-state index in [0.29, 0.717) is 13.1 Å². The molecule has 6 nitrogen and oxygen atoms in total. The molecule has 1 atom stereocenters. The number of carboxylic acids is 1. The molecule has 98 valence electrons. The van der Waals surface area contributed by atoms with Crippen LogP contribution in [0.5, 0.6) is 0 Å². The van der Waals surface area contributed by atoms with Crippen molar-refractivity contribution >= 4 is 23.8 Å². The topological polar surface area (TPSA) is 70.1 Å². The highest BCUT2D eigenvalue weighted by Crippen LogP contribution is 2.08. The van der Waals surface area contributed by atoms with Gasteiger partial charge >= 0.3 is 12.0 Å². The summed E-state index contributed by atoms with van der Waals surface area (Å²) in [6.07, 6.45) is 1.08. The quantitative estimate of drug-likeness (QED) is 0.783. The summed E-state index contributed by atoms with van der Waals surface area (Å²) in [6.45, 7) is 1.51. The number of amides is 2. The first kappa shape index (κ1) is 14.1. The van der Waals surface area contributed by atoms with Crippen molar-refractivity contribution in [2.75, 3.05) is 45.3 Å². The smallest absolute Gasteiger partial charge is 0.334 e. The Kier molecular flexibility index (Phi) is 5.57. The molecule has 1 saturated heterocycles.